The van der Waals surface area contributed by atoms with Gasteiger partial charge in [0.05, 0.1) is 18.7 Å². The molecule has 0 saturated carbocycles. The third kappa shape index (κ3) is 1.95. The molecule has 1 fully saturated rings. The van der Waals surface area contributed by atoms with E-state index in [4.69, 9.17) is 0 Å². The molecule has 1 aromatic rings. The zero-order valence-electron chi connectivity index (χ0n) is 11.4. The second-order valence-corrected chi connectivity index (χ2v) is 5.51. The van der Waals surface area contributed by atoms with E-state index < -0.39 is 5.60 Å². The molecule has 1 aromatic heterocycles. The van der Waals surface area contributed by atoms with Crippen molar-refractivity contribution in [3.05, 3.63) is 22.9 Å². The maximum absolute atomic E-state index is 10.3. The van der Waals surface area contributed by atoms with E-state index in [9.17, 15) is 10.4 Å². The van der Waals surface area contributed by atoms with Crippen LogP contribution in [0.2, 0.25) is 0 Å². The van der Waals surface area contributed by atoms with E-state index in [0.717, 1.165) is 11.3 Å². The van der Waals surface area contributed by atoms with Crippen molar-refractivity contribution >= 4 is 5.82 Å². The van der Waals surface area contributed by atoms with Gasteiger partial charge in [-0.25, -0.2) is 4.98 Å². The average molecular weight is 245 g/mol. The molecule has 1 aliphatic heterocycles. The lowest BCUT2D eigenvalue weighted by Crippen LogP contribution is -2.65. The minimum Gasteiger partial charge on any atom is -0.386 e. The molecule has 18 heavy (non-hydrogen) atoms. The van der Waals surface area contributed by atoms with Gasteiger partial charge in [-0.15, -0.1) is 0 Å². The van der Waals surface area contributed by atoms with E-state index >= 15 is 0 Å². The highest BCUT2D eigenvalue weighted by molar-refractivity contribution is 5.60. The Labute approximate surface area is 108 Å². The third-order valence-electron chi connectivity index (χ3n) is 3.74. The number of hydrogen-bond donors (Lipinski definition) is 1. The van der Waals surface area contributed by atoms with Crippen LogP contribution in [0.4, 0.5) is 5.82 Å². The Kier molecular flexibility index (Phi) is 3.04. The van der Waals surface area contributed by atoms with Gasteiger partial charge in [0.25, 0.3) is 0 Å². The summed E-state index contributed by atoms with van der Waals surface area (Å²) in [5.74, 6) is 0.922. The van der Waals surface area contributed by atoms with Crippen LogP contribution in [-0.2, 0) is 0 Å². The Morgan fingerprint density at radius 2 is 2.06 bits per heavy atom. The number of nitrogens with zero attached hydrogens (tertiary/aromatic N) is 3. The van der Waals surface area contributed by atoms with Gasteiger partial charge in [0.2, 0.25) is 0 Å². The first kappa shape index (κ1) is 12.8. The van der Waals surface area contributed by atoms with Gasteiger partial charge in [0.15, 0.2) is 0 Å². The molecule has 0 atom stereocenters. The predicted octanol–water partition coefficient (Wildman–Crippen LogP) is 1.78. The number of nitriles is 1. The topological polar surface area (TPSA) is 60.2 Å². The van der Waals surface area contributed by atoms with Crippen LogP contribution in [-0.4, -0.2) is 28.8 Å². The molecule has 0 radical (unpaired) electrons. The molecular formula is C14H19N3O. The minimum absolute atomic E-state index is 0.213. The molecule has 1 aliphatic rings. The molecule has 0 aliphatic carbocycles. The van der Waals surface area contributed by atoms with Crippen molar-refractivity contribution in [2.24, 2.45) is 5.92 Å². The Hall–Kier alpha value is -1.60. The molecule has 0 amide bonds. The summed E-state index contributed by atoms with van der Waals surface area (Å²) in [4.78, 5) is 6.43. The molecule has 0 aromatic carbocycles. The number of pyridine rings is 1. The van der Waals surface area contributed by atoms with Crippen molar-refractivity contribution < 1.29 is 5.11 Å². The summed E-state index contributed by atoms with van der Waals surface area (Å²) in [5.41, 5.74) is 1.82. The monoisotopic (exact) mass is 245 g/mol. The van der Waals surface area contributed by atoms with Crippen LogP contribution in [0.5, 0.6) is 0 Å². The molecule has 4 nitrogen and oxygen atoms in total. The highest BCUT2D eigenvalue weighted by Crippen LogP contribution is 2.34. The first-order valence-corrected chi connectivity index (χ1v) is 6.23. The Balaban J connectivity index is 2.30. The number of rotatable bonds is 2. The van der Waals surface area contributed by atoms with Crippen LogP contribution in [0.15, 0.2) is 6.07 Å². The predicted molar refractivity (Wildman–Crippen MR) is 70.4 cm³/mol. The number of aliphatic hydroxyl groups is 1. The van der Waals surface area contributed by atoms with Gasteiger partial charge in [-0.2, -0.15) is 5.26 Å². The van der Waals surface area contributed by atoms with E-state index in [1.165, 1.54) is 0 Å². The maximum Gasteiger partial charge on any atom is 0.147 e. The molecule has 0 unspecified atom stereocenters. The van der Waals surface area contributed by atoms with Gasteiger partial charge < -0.3 is 10.0 Å². The third-order valence-corrected chi connectivity index (χ3v) is 3.74. The summed E-state index contributed by atoms with van der Waals surface area (Å²) in [6, 6.07) is 4.12. The highest BCUT2D eigenvalue weighted by atomic mass is 16.3. The van der Waals surface area contributed by atoms with E-state index in [1.807, 2.05) is 38.7 Å². The summed E-state index contributed by atoms with van der Waals surface area (Å²) in [7, 11) is 0. The van der Waals surface area contributed by atoms with E-state index in [0.29, 0.717) is 24.5 Å². The normalized spacial score (nSPS) is 17.5. The van der Waals surface area contributed by atoms with Gasteiger partial charge in [-0.1, -0.05) is 13.8 Å². The van der Waals surface area contributed by atoms with Crippen molar-refractivity contribution in [1.29, 1.82) is 5.26 Å². The lowest BCUT2D eigenvalue weighted by Gasteiger charge is -2.50. The molecule has 2 heterocycles. The van der Waals surface area contributed by atoms with Crippen molar-refractivity contribution in [2.45, 2.75) is 33.3 Å². The number of anilines is 1. The van der Waals surface area contributed by atoms with Gasteiger partial charge in [0.1, 0.15) is 17.5 Å². The number of aromatic nitrogens is 1. The zero-order chi connectivity index (χ0) is 13.5. The van der Waals surface area contributed by atoms with Gasteiger partial charge in [-0.3, -0.25) is 0 Å². The average Bonchev–Trinajstić information content (AvgIpc) is 2.23. The Morgan fingerprint density at radius 3 is 2.56 bits per heavy atom. The lowest BCUT2D eigenvalue weighted by molar-refractivity contribution is -0.0304. The van der Waals surface area contributed by atoms with Crippen LogP contribution >= 0.6 is 0 Å². The van der Waals surface area contributed by atoms with E-state index in [2.05, 4.69) is 11.1 Å². The lowest BCUT2D eigenvalue weighted by atomic mass is 9.83. The molecule has 2 rings (SSSR count). The number of β-amino-alcohol motifs (C(OH)–C–C–N with tert-alkyl or cyclic N) is 1. The summed E-state index contributed by atoms with van der Waals surface area (Å²) >= 11 is 0. The summed E-state index contributed by atoms with van der Waals surface area (Å²) in [6.07, 6.45) is 0. The largest absolute Gasteiger partial charge is 0.386 e. The quantitative estimate of drug-likeness (QED) is 0.862. The molecule has 0 bridgehead atoms. The molecule has 1 saturated heterocycles. The smallest absolute Gasteiger partial charge is 0.147 e. The van der Waals surface area contributed by atoms with Gasteiger partial charge >= 0.3 is 0 Å². The van der Waals surface area contributed by atoms with Gasteiger partial charge in [0, 0.05) is 5.69 Å². The maximum atomic E-state index is 10.3. The fraction of sp³-hybridized carbons (Fsp3) is 0.571. The molecule has 1 N–H and O–H groups in total. The van der Waals surface area contributed by atoms with Crippen LogP contribution in [0.1, 0.15) is 30.7 Å². The van der Waals surface area contributed by atoms with E-state index in [-0.39, 0.29) is 5.92 Å². The first-order chi connectivity index (χ1) is 8.37. The van der Waals surface area contributed by atoms with Crippen LogP contribution in [0, 0.1) is 31.1 Å². The Bertz CT molecular complexity index is 511. The minimum atomic E-state index is -0.647. The van der Waals surface area contributed by atoms with Crippen molar-refractivity contribution in [3.8, 4) is 6.07 Å². The fourth-order valence-corrected chi connectivity index (χ4v) is 2.31. The van der Waals surface area contributed by atoms with Crippen LogP contribution in [0.25, 0.3) is 0 Å². The van der Waals surface area contributed by atoms with Crippen LogP contribution in [0.3, 0.4) is 0 Å². The van der Waals surface area contributed by atoms with Crippen LogP contribution < -0.4 is 4.90 Å². The summed E-state index contributed by atoms with van der Waals surface area (Å²) < 4.78 is 0. The first-order valence-electron chi connectivity index (χ1n) is 6.23. The second-order valence-electron chi connectivity index (χ2n) is 5.51. The SMILES string of the molecule is Cc1cc(C)c(C#N)c(N2CC(O)(C(C)C)C2)n1. The fourth-order valence-electron chi connectivity index (χ4n) is 2.31. The zero-order valence-corrected chi connectivity index (χ0v) is 11.4. The second kappa shape index (κ2) is 4.25. The summed E-state index contributed by atoms with van der Waals surface area (Å²) in [5, 5.41) is 19.5. The number of hydrogen-bond acceptors (Lipinski definition) is 4. The van der Waals surface area contributed by atoms with Crippen molar-refractivity contribution in [3.63, 3.8) is 0 Å². The van der Waals surface area contributed by atoms with Gasteiger partial charge in [-0.05, 0) is 31.4 Å². The molecule has 0 spiro atoms. The standard InChI is InChI=1S/C14H19N3O/c1-9(2)14(18)7-17(8-14)13-12(6-15)10(3)5-11(4)16-13/h5,9,18H,7-8H2,1-4H3. The summed E-state index contributed by atoms with van der Waals surface area (Å²) in [6.45, 7) is 8.97. The number of aryl methyl sites for hydroxylation is 2. The van der Waals surface area contributed by atoms with Crippen molar-refractivity contribution in [1.82, 2.24) is 4.98 Å². The highest BCUT2D eigenvalue weighted by Gasteiger charge is 2.45. The van der Waals surface area contributed by atoms with E-state index in [1.54, 1.807) is 0 Å². The Morgan fingerprint density at radius 1 is 1.44 bits per heavy atom. The molecular weight excluding hydrogens is 226 g/mol. The molecule has 96 valence electrons. The van der Waals surface area contributed by atoms with Crippen molar-refractivity contribution in [2.75, 3.05) is 18.0 Å². The molecule has 4 heteroatoms.